The molecule has 1 heterocycles. The average molecular weight is 422 g/mol. The van der Waals surface area contributed by atoms with Crippen LogP contribution < -0.4 is 15.8 Å². The Morgan fingerprint density at radius 2 is 1.96 bits per heavy atom. The zero-order valence-electron chi connectivity index (χ0n) is 13.7. The van der Waals surface area contributed by atoms with E-state index in [9.17, 15) is 9.59 Å². The number of nitrogens with two attached hydrogens (primary N) is 1. The molecule has 0 atom stereocenters. The fourth-order valence-electron chi connectivity index (χ4n) is 2.14. The molecule has 1 aliphatic rings. The highest BCUT2D eigenvalue weighted by atomic mass is 35.5. The Labute approximate surface area is 169 Å². The fourth-order valence-corrected chi connectivity index (χ4v) is 3.35. The molecule has 1 fully saturated rings. The second kappa shape index (κ2) is 8.47. The quantitative estimate of drug-likeness (QED) is 0.718. The summed E-state index contributed by atoms with van der Waals surface area (Å²) < 4.78 is 5.20. The Hall–Kier alpha value is -2.48. The van der Waals surface area contributed by atoms with E-state index in [1.54, 1.807) is 48.5 Å². The minimum absolute atomic E-state index is 0.252. The number of halogens is 2. The van der Waals surface area contributed by atoms with Gasteiger partial charge in [0.1, 0.15) is 5.75 Å². The maximum atomic E-state index is 12.2. The molecule has 0 aliphatic carbocycles. The number of aliphatic imine (C=N–C) groups is 1. The summed E-state index contributed by atoms with van der Waals surface area (Å²) in [5, 5.41) is 4.11. The molecule has 1 saturated heterocycles. The van der Waals surface area contributed by atoms with Crippen LogP contribution in [-0.4, -0.2) is 23.6 Å². The van der Waals surface area contributed by atoms with Gasteiger partial charge in [-0.1, -0.05) is 29.3 Å². The average Bonchev–Trinajstić information content (AvgIpc) is 2.95. The van der Waals surface area contributed by atoms with Crippen LogP contribution in [-0.2, 0) is 9.59 Å². The molecule has 9 heteroatoms. The summed E-state index contributed by atoms with van der Waals surface area (Å²) in [4.78, 5) is 27.8. The number of nitrogens with one attached hydrogen (secondary N) is 1. The van der Waals surface area contributed by atoms with E-state index in [-0.39, 0.29) is 12.5 Å². The zero-order chi connectivity index (χ0) is 19.4. The molecule has 0 unspecified atom stereocenters. The van der Waals surface area contributed by atoms with Crippen molar-refractivity contribution in [1.82, 2.24) is 5.32 Å². The molecular weight excluding hydrogens is 409 g/mol. The van der Waals surface area contributed by atoms with Gasteiger partial charge in [0.15, 0.2) is 11.8 Å². The Bertz CT molecular complexity index is 959. The fraction of sp³-hybridized carbons (Fsp3) is 0.0556. The normalized spacial score (nSPS) is 16.6. The Morgan fingerprint density at radius 3 is 2.63 bits per heavy atom. The summed E-state index contributed by atoms with van der Waals surface area (Å²) >= 11 is 13.2. The van der Waals surface area contributed by atoms with Crippen molar-refractivity contribution in [1.29, 1.82) is 0 Å². The van der Waals surface area contributed by atoms with Gasteiger partial charge in [0.2, 0.25) is 0 Å². The van der Waals surface area contributed by atoms with Gasteiger partial charge in [0.25, 0.3) is 11.8 Å². The Balaban J connectivity index is 1.75. The second-order valence-corrected chi connectivity index (χ2v) is 7.28. The largest absolute Gasteiger partial charge is 0.482 e. The molecule has 0 aromatic heterocycles. The van der Waals surface area contributed by atoms with Crippen LogP contribution in [0.5, 0.6) is 5.75 Å². The summed E-state index contributed by atoms with van der Waals surface area (Å²) in [6.07, 6.45) is 1.69. The lowest BCUT2D eigenvalue weighted by Crippen LogP contribution is -2.20. The molecule has 0 spiro atoms. The monoisotopic (exact) mass is 421 g/mol. The standard InChI is InChI=1S/C18H13Cl2N3O3S/c19-11-2-4-12(5-3-11)22-18-23-17(25)15(27-18)8-10-1-6-14(13(20)7-10)26-9-16(21)24/h1-8H,9H2,(H2,21,24)(H,22,23,25). The van der Waals surface area contributed by atoms with Gasteiger partial charge in [-0.15, -0.1) is 0 Å². The van der Waals surface area contributed by atoms with Gasteiger partial charge in [-0.3, -0.25) is 9.59 Å². The number of nitrogens with zero attached hydrogens (tertiary/aromatic N) is 1. The molecule has 2 aromatic carbocycles. The summed E-state index contributed by atoms with van der Waals surface area (Å²) in [5.41, 5.74) is 6.43. The molecule has 27 heavy (non-hydrogen) atoms. The first-order chi connectivity index (χ1) is 12.9. The van der Waals surface area contributed by atoms with E-state index in [0.29, 0.717) is 37.1 Å². The van der Waals surface area contributed by atoms with Crippen LogP contribution >= 0.6 is 35.0 Å². The van der Waals surface area contributed by atoms with Gasteiger partial charge < -0.3 is 15.8 Å². The van der Waals surface area contributed by atoms with E-state index in [1.165, 1.54) is 11.8 Å². The number of amides is 2. The van der Waals surface area contributed by atoms with Crippen molar-refractivity contribution < 1.29 is 14.3 Å². The van der Waals surface area contributed by atoms with Gasteiger partial charge in [0, 0.05) is 5.02 Å². The Morgan fingerprint density at radius 1 is 1.22 bits per heavy atom. The van der Waals surface area contributed by atoms with Crippen LogP contribution in [0.1, 0.15) is 5.56 Å². The molecule has 1 aliphatic heterocycles. The first kappa shape index (κ1) is 19.3. The maximum Gasteiger partial charge on any atom is 0.264 e. The van der Waals surface area contributed by atoms with Crippen molar-refractivity contribution in [3.8, 4) is 5.75 Å². The van der Waals surface area contributed by atoms with Crippen LogP contribution in [0, 0.1) is 0 Å². The first-order valence-corrected chi connectivity index (χ1v) is 9.24. The summed E-state index contributed by atoms with van der Waals surface area (Å²) in [7, 11) is 0. The maximum absolute atomic E-state index is 12.2. The number of hydrogen-bond donors (Lipinski definition) is 2. The van der Waals surface area contributed by atoms with Gasteiger partial charge in [-0.05, 0) is 59.8 Å². The van der Waals surface area contributed by atoms with E-state index >= 15 is 0 Å². The number of ether oxygens (including phenoxy) is 1. The third-order valence-electron chi connectivity index (χ3n) is 3.33. The lowest BCUT2D eigenvalue weighted by Gasteiger charge is -2.06. The molecule has 0 radical (unpaired) electrons. The van der Waals surface area contributed by atoms with E-state index < -0.39 is 5.91 Å². The number of amidine groups is 1. The Kier molecular flexibility index (Phi) is 6.05. The number of hydrogen-bond acceptors (Lipinski definition) is 5. The van der Waals surface area contributed by atoms with Crippen molar-refractivity contribution in [2.24, 2.45) is 10.7 Å². The van der Waals surface area contributed by atoms with Crippen molar-refractivity contribution in [2.45, 2.75) is 0 Å². The van der Waals surface area contributed by atoms with E-state index in [1.807, 2.05) is 0 Å². The molecule has 3 rings (SSSR count). The number of carbonyl (C=O) groups excluding carboxylic acids is 2. The van der Waals surface area contributed by atoms with Crippen LogP contribution in [0.25, 0.3) is 6.08 Å². The number of carbonyl (C=O) groups is 2. The van der Waals surface area contributed by atoms with Crippen molar-refractivity contribution >= 4 is 63.7 Å². The van der Waals surface area contributed by atoms with Gasteiger partial charge in [0.05, 0.1) is 15.6 Å². The lowest BCUT2D eigenvalue weighted by atomic mass is 10.2. The van der Waals surface area contributed by atoms with Gasteiger partial charge >= 0.3 is 0 Å². The minimum Gasteiger partial charge on any atom is -0.482 e. The zero-order valence-corrected chi connectivity index (χ0v) is 16.1. The summed E-state index contributed by atoms with van der Waals surface area (Å²) in [5.74, 6) is -0.507. The van der Waals surface area contributed by atoms with E-state index in [2.05, 4.69) is 10.3 Å². The topological polar surface area (TPSA) is 93.8 Å². The molecule has 3 N–H and O–H groups in total. The molecule has 2 amide bonds. The van der Waals surface area contributed by atoms with Crippen LogP contribution in [0.3, 0.4) is 0 Å². The molecule has 2 aromatic rings. The number of thioether (sulfide) groups is 1. The van der Waals surface area contributed by atoms with Crippen molar-refractivity contribution in [3.63, 3.8) is 0 Å². The number of benzene rings is 2. The molecule has 138 valence electrons. The second-order valence-electron chi connectivity index (χ2n) is 5.40. The lowest BCUT2D eigenvalue weighted by molar-refractivity contribution is -0.120. The highest BCUT2D eigenvalue weighted by Gasteiger charge is 2.23. The minimum atomic E-state index is -0.594. The van der Waals surface area contributed by atoms with E-state index in [4.69, 9.17) is 33.7 Å². The smallest absolute Gasteiger partial charge is 0.264 e. The van der Waals surface area contributed by atoms with E-state index in [0.717, 1.165) is 0 Å². The summed E-state index contributed by atoms with van der Waals surface area (Å²) in [6.45, 7) is -0.261. The van der Waals surface area contributed by atoms with Crippen LogP contribution in [0.15, 0.2) is 52.4 Å². The SMILES string of the molecule is NC(=O)COc1ccc(C=C2SC(=Nc3ccc(Cl)cc3)NC2=O)cc1Cl. The highest BCUT2D eigenvalue weighted by Crippen LogP contribution is 2.31. The molecule has 0 bridgehead atoms. The third kappa shape index (κ3) is 5.26. The highest BCUT2D eigenvalue weighted by molar-refractivity contribution is 8.18. The molecule has 0 saturated carbocycles. The van der Waals surface area contributed by atoms with Gasteiger partial charge in [-0.2, -0.15) is 0 Å². The number of primary amides is 1. The number of rotatable bonds is 5. The van der Waals surface area contributed by atoms with Crippen LogP contribution in [0.2, 0.25) is 10.0 Å². The predicted octanol–water partition coefficient (Wildman–Crippen LogP) is 3.75. The van der Waals surface area contributed by atoms with Gasteiger partial charge in [-0.25, -0.2) is 4.99 Å². The molecule has 6 nitrogen and oxygen atoms in total. The predicted molar refractivity (Wildman–Crippen MR) is 108 cm³/mol. The third-order valence-corrected chi connectivity index (χ3v) is 4.79. The van der Waals surface area contributed by atoms with Crippen molar-refractivity contribution in [3.05, 3.63) is 63.0 Å². The summed E-state index contributed by atoms with van der Waals surface area (Å²) in [6, 6.07) is 11.9. The van der Waals surface area contributed by atoms with Crippen molar-refractivity contribution in [2.75, 3.05) is 6.61 Å². The first-order valence-electron chi connectivity index (χ1n) is 7.66. The van der Waals surface area contributed by atoms with Crippen LogP contribution in [0.4, 0.5) is 5.69 Å². The molecular formula is C18H13Cl2N3O3S.